The molecule has 1 aliphatic heterocycles. The van der Waals surface area contributed by atoms with Crippen molar-refractivity contribution in [2.75, 3.05) is 6.86 Å². The molecule has 3 rings (SSSR count). The van der Waals surface area contributed by atoms with Crippen LogP contribution in [0, 0.1) is 0 Å². The maximum Gasteiger partial charge on any atom is 0.379 e. The molecule has 1 saturated heterocycles. The summed E-state index contributed by atoms with van der Waals surface area (Å²) in [5.41, 5.74) is 2.94. The van der Waals surface area contributed by atoms with Gasteiger partial charge in [0.1, 0.15) is 5.75 Å². The highest BCUT2D eigenvalue weighted by molar-refractivity contribution is 5.96. The summed E-state index contributed by atoms with van der Waals surface area (Å²) in [6.45, 7) is -3.09. The van der Waals surface area contributed by atoms with Crippen molar-refractivity contribution in [2.45, 2.75) is 32.5 Å². The highest BCUT2D eigenvalue weighted by Crippen LogP contribution is 2.34. The van der Waals surface area contributed by atoms with E-state index < -0.39 is 13.5 Å². The molecule has 4 nitrogen and oxygen atoms in total. The van der Waals surface area contributed by atoms with Gasteiger partial charge in [-0.2, -0.15) is 13.2 Å². The van der Waals surface area contributed by atoms with Gasteiger partial charge in [0.15, 0.2) is 0 Å². The van der Waals surface area contributed by atoms with Crippen molar-refractivity contribution in [1.29, 1.82) is 0 Å². The number of likely N-dealkylation sites (tertiary alicyclic amines) is 1. The molecule has 1 atom stereocenters. The van der Waals surface area contributed by atoms with Crippen LogP contribution in [-0.4, -0.2) is 30.3 Å². The van der Waals surface area contributed by atoms with Crippen LogP contribution in [0.25, 0.3) is 11.1 Å². The topological polar surface area (TPSA) is 46.6 Å². The number of amides is 2. The Kier molecular flexibility index (Phi) is 7.54. The molecule has 28 heavy (non-hydrogen) atoms. The smallest absolute Gasteiger partial charge is 0.379 e. The predicted molar refractivity (Wildman–Crippen MR) is 95.1 cm³/mol. The van der Waals surface area contributed by atoms with Gasteiger partial charge < -0.3 is 4.74 Å². The van der Waals surface area contributed by atoms with E-state index in [1.54, 1.807) is 12.1 Å². The molecule has 0 aliphatic carbocycles. The monoisotopic (exact) mass is 397 g/mol. The number of rotatable bonds is 4. The quantitative estimate of drug-likeness (QED) is 0.679. The summed E-state index contributed by atoms with van der Waals surface area (Å²) in [4.78, 5) is 24.9. The van der Waals surface area contributed by atoms with E-state index in [0.717, 1.165) is 16.7 Å². The number of ether oxygens (including phenoxy) is 1. The highest BCUT2D eigenvalue weighted by atomic mass is 19.4. The van der Waals surface area contributed by atoms with Crippen LogP contribution in [0.3, 0.4) is 0 Å². The third kappa shape index (κ3) is 5.55. The fourth-order valence-corrected chi connectivity index (χ4v) is 3.10. The van der Waals surface area contributed by atoms with Crippen LogP contribution in [0.15, 0.2) is 48.5 Å². The highest BCUT2D eigenvalue weighted by Gasteiger charge is 2.34. The first kappa shape index (κ1) is 21.4. The van der Waals surface area contributed by atoms with E-state index in [1.807, 2.05) is 36.4 Å². The summed E-state index contributed by atoms with van der Waals surface area (Å²) in [5.74, 6) is 0.162. The first-order chi connectivity index (χ1) is 13.3. The van der Waals surface area contributed by atoms with Crippen LogP contribution in [0.4, 0.5) is 17.6 Å². The lowest BCUT2D eigenvalue weighted by molar-refractivity contribution is -0.142. The van der Waals surface area contributed by atoms with E-state index in [0.29, 0.717) is 18.6 Å². The van der Waals surface area contributed by atoms with Gasteiger partial charge >= 0.3 is 6.68 Å². The molecule has 0 radical (unpaired) electrons. The normalized spacial score (nSPS) is 16.0. The standard InChI is InChI=1S/C19H18FNO3.CHF3/c1-13(22)21-18(10-11-19(21)23)16-4-2-14(3-5-16)15-6-8-17(9-7-15)24-12-20;2-1(3)4/h2-9,18H,10-12H2,1H3;1H. The van der Waals surface area contributed by atoms with Crippen LogP contribution in [0.1, 0.15) is 31.4 Å². The lowest BCUT2D eigenvalue weighted by atomic mass is 9.99. The van der Waals surface area contributed by atoms with Crippen molar-refractivity contribution in [3.05, 3.63) is 54.1 Å². The summed E-state index contributed by atoms with van der Waals surface area (Å²) in [6.07, 6.45) is 1.06. The van der Waals surface area contributed by atoms with Gasteiger partial charge in [0.2, 0.25) is 18.7 Å². The Balaban J connectivity index is 0.000000640. The molecule has 0 saturated carbocycles. The average molecular weight is 397 g/mol. The Morgan fingerprint density at radius 2 is 1.57 bits per heavy atom. The van der Waals surface area contributed by atoms with Crippen molar-refractivity contribution in [1.82, 2.24) is 4.90 Å². The predicted octanol–water partition coefficient (Wildman–Crippen LogP) is 5.05. The van der Waals surface area contributed by atoms with Gasteiger partial charge in [0, 0.05) is 13.3 Å². The Morgan fingerprint density at radius 1 is 1.07 bits per heavy atom. The van der Waals surface area contributed by atoms with Crippen LogP contribution in [0.2, 0.25) is 0 Å². The van der Waals surface area contributed by atoms with E-state index in [-0.39, 0.29) is 17.9 Å². The second-order valence-electron chi connectivity index (χ2n) is 5.98. The molecule has 2 aromatic carbocycles. The molecular weight excluding hydrogens is 378 g/mol. The second-order valence-corrected chi connectivity index (χ2v) is 5.98. The van der Waals surface area contributed by atoms with Crippen LogP contribution < -0.4 is 4.74 Å². The van der Waals surface area contributed by atoms with Crippen molar-refractivity contribution >= 4 is 11.8 Å². The molecule has 0 spiro atoms. The van der Waals surface area contributed by atoms with Gasteiger partial charge in [-0.25, -0.2) is 4.39 Å². The molecule has 8 heteroatoms. The minimum atomic E-state index is -3.67. The second kappa shape index (κ2) is 9.87. The molecule has 0 N–H and O–H groups in total. The lowest BCUT2D eigenvalue weighted by Crippen LogP contribution is -2.32. The van der Waals surface area contributed by atoms with E-state index in [1.165, 1.54) is 11.8 Å². The molecule has 2 aromatic rings. The zero-order valence-electron chi connectivity index (χ0n) is 15.1. The Bertz CT molecular complexity index is 791. The van der Waals surface area contributed by atoms with E-state index in [9.17, 15) is 27.2 Å². The van der Waals surface area contributed by atoms with Crippen LogP contribution in [-0.2, 0) is 9.59 Å². The van der Waals surface area contributed by atoms with Crippen molar-refractivity contribution < 1.29 is 31.9 Å². The van der Waals surface area contributed by atoms with E-state index in [4.69, 9.17) is 4.74 Å². The number of hydrogen-bond donors (Lipinski definition) is 0. The van der Waals surface area contributed by atoms with Gasteiger partial charge in [-0.05, 0) is 35.2 Å². The number of carbonyl (C=O) groups is 2. The van der Waals surface area contributed by atoms with Crippen molar-refractivity contribution in [3.8, 4) is 16.9 Å². The fraction of sp³-hybridized carbons (Fsp3) is 0.300. The van der Waals surface area contributed by atoms with Crippen molar-refractivity contribution in [2.24, 2.45) is 0 Å². The zero-order chi connectivity index (χ0) is 20.7. The molecule has 1 unspecified atom stereocenters. The lowest BCUT2D eigenvalue weighted by Gasteiger charge is -2.22. The zero-order valence-corrected chi connectivity index (χ0v) is 15.1. The first-order valence-electron chi connectivity index (χ1n) is 8.47. The van der Waals surface area contributed by atoms with Gasteiger partial charge in [-0.15, -0.1) is 0 Å². The summed E-state index contributed by atoms with van der Waals surface area (Å²) in [7, 11) is 0. The first-order valence-corrected chi connectivity index (χ1v) is 8.47. The number of imide groups is 1. The average Bonchev–Trinajstić information content (AvgIpc) is 3.04. The molecule has 1 aliphatic rings. The third-order valence-electron chi connectivity index (χ3n) is 4.26. The molecule has 2 amide bonds. The number of halogens is 4. The molecule has 0 bridgehead atoms. The number of carbonyl (C=O) groups excluding carboxylic acids is 2. The van der Waals surface area contributed by atoms with Crippen LogP contribution >= 0.6 is 0 Å². The number of benzene rings is 2. The molecular formula is C20H19F4NO3. The molecule has 1 heterocycles. The summed E-state index contributed by atoms with van der Waals surface area (Å²) < 4.78 is 45.9. The number of nitrogens with zero attached hydrogens (tertiary/aromatic N) is 1. The Morgan fingerprint density at radius 3 is 2.04 bits per heavy atom. The molecule has 0 aromatic heterocycles. The van der Waals surface area contributed by atoms with Crippen LogP contribution in [0.5, 0.6) is 5.75 Å². The fourth-order valence-electron chi connectivity index (χ4n) is 3.10. The molecule has 150 valence electrons. The van der Waals surface area contributed by atoms with Gasteiger partial charge in [0.05, 0.1) is 6.04 Å². The minimum absolute atomic E-state index is 0.111. The Labute approximate surface area is 159 Å². The largest absolute Gasteiger partial charge is 0.463 e. The van der Waals surface area contributed by atoms with Crippen molar-refractivity contribution in [3.63, 3.8) is 0 Å². The maximum atomic E-state index is 12.1. The minimum Gasteiger partial charge on any atom is -0.463 e. The SMILES string of the molecule is CC(=O)N1C(=O)CCC1c1ccc(-c2ccc(OCF)cc2)cc1.FC(F)F. The summed E-state index contributed by atoms with van der Waals surface area (Å²) >= 11 is 0. The third-order valence-corrected chi connectivity index (χ3v) is 4.26. The maximum absolute atomic E-state index is 12.1. The van der Waals surface area contributed by atoms with Gasteiger partial charge in [-0.1, -0.05) is 36.4 Å². The Hall–Kier alpha value is -2.90. The molecule has 1 fully saturated rings. The van der Waals surface area contributed by atoms with E-state index in [2.05, 4.69) is 0 Å². The van der Waals surface area contributed by atoms with Gasteiger partial charge in [-0.3, -0.25) is 14.5 Å². The van der Waals surface area contributed by atoms with Gasteiger partial charge in [0.25, 0.3) is 0 Å². The summed E-state index contributed by atoms with van der Waals surface area (Å²) in [5, 5.41) is 0. The number of hydrogen-bond acceptors (Lipinski definition) is 3. The number of alkyl halides is 4. The van der Waals surface area contributed by atoms with E-state index >= 15 is 0 Å². The summed E-state index contributed by atoms with van der Waals surface area (Å²) in [6, 6.07) is 14.8.